The van der Waals surface area contributed by atoms with Crippen LogP contribution in [0.2, 0.25) is 0 Å². The van der Waals surface area contributed by atoms with Gasteiger partial charge in [-0.3, -0.25) is 4.79 Å². The molecule has 0 aromatic rings. The Bertz CT molecular complexity index is 246. The average molecular weight is 213 g/mol. The summed E-state index contributed by atoms with van der Waals surface area (Å²) in [6.07, 6.45) is 5.28. The van der Waals surface area contributed by atoms with Gasteiger partial charge in [0, 0.05) is 13.0 Å². The number of nitrogens with zero attached hydrogens (tertiary/aromatic N) is 1. The maximum absolute atomic E-state index is 11.5. The second-order valence-corrected chi connectivity index (χ2v) is 4.23. The van der Waals surface area contributed by atoms with Crippen molar-refractivity contribution in [3.8, 4) is 0 Å². The molecule has 15 heavy (non-hydrogen) atoms. The van der Waals surface area contributed by atoms with Gasteiger partial charge in [-0.25, -0.2) is 4.79 Å². The third-order valence-corrected chi connectivity index (χ3v) is 3.11. The summed E-state index contributed by atoms with van der Waals surface area (Å²) in [5.74, 6) is -1.05. The van der Waals surface area contributed by atoms with Gasteiger partial charge in [0.1, 0.15) is 6.04 Å². The second kappa shape index (κ2) is 5.14. The van der Waals surface area contributed by atoms with Crippen LogP contribution < -0.4 is 0 Å². The first-order valence-corrected chi connectivity index (χ1v) is 5.55. The molecule has 4 heteroatoms. The molecule has 1 N–H and O–H groups in total. The van der Waals surface area contributed by atoms with Gasteiger partial charge in [0.15, 0.2) is 0 Å². The first-order valence-electron chi connectivity index (χ1n) is 5.55. The Hall–Kier alpha value is -1.06. The number of carboxylic acids is 1. The van der Waals surface area contributed by atoms with E-state index in [1.165, 1.54) is 18.2 Å². The Balaban J connectivity index is 2.71. The van der Waals surface area contributed by atoms with Crippen molar-refractivity contribution >= 4 is 11.9 Å². The molecule has 86 valence electrons. The number of amides is 1. The highest BCUT2D eigenvalue weighted by Gasteiger charge is 2.30. The second-order valence-electron chi connectivity index (χ2n) is 4.23. The Morgan fingerprint density at radius 2 is 1.80 bits per heavy atom. The van der Waals surface area contributed by atoms with E-state index >= 15 is 0 Å². The minimum absolute atomic E-state index is 0.127. The fourth-order valence-corrected chi connectivity index (χ4v) is 2.32. The van der Waals surface area contributed by atoms with E-state index in [1.807, 2.05) is 0 Å². The molecular formula is C11H19NO3. The fraction of sp³-hybridized carbons (Fsp3) is 0.818. The zero-order chi connectivity index (χ0) is 11.4. The van der Waals surface area contributed by atoms with Gasteiger partial charge in [0.05, 0.1) is 0 Å². The maximum atomic E-state index is 11.5. The predicted octanol–water partition coefficient (Wildman–Crippen LogP) is 1.64. The van der Waals surface area contributed by atoms with E-state index < -0.39 is 12.0 Å². The zero-order valence-corrected chi connectivity index (χ0v) is 9.40. The zero-order valence-electron chi connectivity index (χ0n) is 9.40. The van der Waals surface area contributed by atoms with Crippen molar-refractivity contribution in [1.82, 2.24) is 4.90 Å². The Kier molecular flexibility index (Phi) is 4.12. The molecule has 1 aliphatic rings. The molecule has 0 heterocycles. The molecule has 1 aliphatic carbocycles. The molecule has 0 spiro atoms. The number of carbonyl (C=O) groups is 2. The Morgan fingerprint density at radius 1 is 1.27 bits per heavy atom. The molecule has 1 fully saturated rings. The minimum Gasteiger partial charge on any atom is -0.480 e. The molecule has 1 atom stereocenters. The van der Waals surface area contributed by atoms with Crippen LogP contribution >= 0.6 is 0 Å². The summed E-state index contributed by atoms with van der Waals surface area (Å²) >= 11 is 0. The lowest BCUT2D eigenvalue weighted by Crippen LogP contribution is -2.49. The molecule has 0 bridgehead atoms. The maximum Gasteiger partial charge on any atom is 0.326 e. The summed E-state index contributed by atoms with van der Waals surface area (Å²) in [5.41, 5.74) is 0. The number of hydrogen-bond donors (Lipinski definition) is 1. The van der Waals surface area contributed by atoms with Crippen LogP contribution in [0.5, 0.6) is 0 Å². The van der Waals surface area contributed by atoms with Gasteiger partial charge in [-0.2, -0.15) is 0 Å². The number of hydrogen-bond acceptors (Lipinski definition) is 2. The predicted molar refractivity (Wildman–Crippen MR) is 56.5 cm³/mol. The first-order chi connectivity index (χ1) is 7.04. The Morgan fingerprint density at radius 3 is 2.20 bits per heavy atom. The summed E-state index contributed by atoms with van der Waals surface area (Å²) in [6.45, 7) is 3.03. The van der Waals surface area contributed by atoms with Crippen molar-refractivity contribution in [1.29, 1.82) is 0 Å². The molecule has 1 amide bonds. The van der Waals surface area contributed by atoms with Crippen molar-refractivity contribution < 1.29 is 14.7 Å². The molecule has 0 aromatic carbocycles. The summed E-state index contributed by atoms with van der Waals surface area (Å²) in [5, 5.41) is 8.94. The summed E-state index contributed by atoms with van der Waals surface area (Å²) in [6, 6.07) is -0.576. The highest BCUT2D eigenvalue weighted by molar-refractivity contribution is 5.82. The normalized spacial score (nSPS) is 19.6. The topological polar surface area (TPSA) is 57.6 Å². The lowest BCUT2D eigenvalue weighted by Gasteiger charge is -2.36. The van der Waals surface area contributed by atoms with Gasteiger partial charge in [0.2, 0.25) is 5.91 Å². The molecule has 0 aromatic heterocycles. The van der Waals surface area contributed by atoms with E-state index in [0.29, 0.717) is 0 Å². The minimum atomic E-state index is -0.921. The van der Waals surface area contributed by atoms with E-state index in [0.717, 1.165) is 25.7 Å². The highest BCUT2D eigenvalue weighted by atomic mass is 16.4. The van der Waals surface area contributed by atoms with Crippen LogP contribution in [0.25, 0.3) is 0 Å². The molecule has 0 unspecified atom stereocenters. The third kappa shape index (κ3) is 2.94. The quantitative estimate of drug-likeness (QED) is 0.775. The standard InChI is InChI=1S/C11H19NO3/c1-8(11(14)15)12(9(2)13)10-6-4-3-5-7-10/h8,10H,3-7H2,1-2H3,(H,14,15)/t8-/m0/s1. The van der Waals surface area contributed by atoms with Gasteiger partial charge in [0.25, 0.3) is 0 Å². The van der Waals surface area contributed by atoms with Gasteiger partial charge in [-0.15, -0.1) is 0 Å². The highest BCUT2D eigenvalue weighted by Crippen LogP contribution is 2.24. The molecule has 0 saturated heterocycles. The van der Waals surface area contributed by atoms with Crippen molar-refractivity contribution in [3.05, 3.63) is 0 Å². The van der Waals surface area contributed by atoms with Gasteiger partial charge < -0.3 is 10.0 Å². The van der Waals surface area contributed by atoms with E-state index in [4.69, 9.17) is 5.11 Å². The fourth-order valence-electron chi connectivity index (χ4n) is 2.32. The number of carbonyl (C=O) groups excluding carboxylic acids is 1. The van der Waals surface area contributed by atoms with Crippen LogP contribution in [0.3, 0.4) is 0 Å². The largest absolute Gasteiger partial charge is 0.480 e. The summed E-state index contributed by atoms with van der Waals surface area (Å²) in [7, 11) is 0. The number of carboxylic acid groups (broad SMARTS) is 1. The summed E-state index contributed by atoms with van der Waals surface area (Å²) < 4.78 is 0. The van der Waals surface area contributed by atoms with Crippen molar-refractivity contribution in [3.63, 3.8) is 0 Å². The van der Waals surface area contributed by atoms with Crippen molar-refractivity contribution in [2.45, 2.75) is 58.0 Å². The van der Waals surface area contributed by atoms with Crippen LogP contribution in [-0.4, -0.2) is 34.0 Å². The lowest BCUT2D eigenvalue weighted by atomic mass is 9.93. The average Bonchev–Trinajstić information content (AvgIpc) is 2.18. The van der Waals surface area contributed by atoms with E-state index in [2.05, 4.69) is 0 Å². The molecule has 0 aliphatic heterocycles. The van der Waals surface area contributed by atoms with Crippen LogP contribution in [0.4, 0.5) is 0 Å². The first kappa shape index (κ1) is 12.0. The monoisotopic (exact) mass is 213 g/mol. The van der Waals surface area contributed by atoms with Crippen molar-refractivity contribution in [2.24, 2.45) is 0 Å². The van der Waals surface area contributed by atoms with Gasteiger partial charge in [-0.05, 0) is 19.8 Å². The lowest BCUT2D eigenvalue weighted by molar-refractivity contribution is -0.151. The van der Waals surface area contributed by atoms with Crippen LogP contribution in [-0.2, 0) is 9.59 Å². The number of aliphatic carboxylic acids is 1. The molecule has 1 rings (SSSR count). The molecular weight excluding hydrogens is 194 g/mol. The molecule has 4 nitrogen and oxygen atoms in total. The number of rotatable bonds is 3. The van der Waals surface area contributed by atoms with Gasteiger partial charge in [-0.1, -0.05) is 19.3 Å². The SMILES string of the molecule is CC(=O)N(C1CCCCC1)[C@@H](C)C(=O)O. The smallest absolute Gasteiger partial charge is 0.326 e. The van der Waals surface area contributed by atoms with Crippen LogP contribution in [0.15, 0.2) is 0 Å². The van der Waals surface area contributed by atoms with E-state index in [-0.39, 0.29) is 11.9 Å². The van der Waals surface area contributed by atoms with Crippen molar-refractivity contribution in [2.75, 3.05) is 0 Å². The molecule has 1 saturated carbocycles. The summed E-state index contributed by atoms with van der Waals surface area (Å²) in [4.78, 5) is 23.9. The molecule has 0 radical (unpaired) electrons. The third-order valence-electron chi connectivity index (χ3n) is 3.11. The van der Waals surface area contributed by atoms with Crippen LogP contribution in [0, 0.1) is 0 Å². The van der Waals surface area contributed by atoms with Crippen LogP contribution in [0.1, 0.15) is 46.0 Å². The van der Waals surface area contributed by atoms with E-state index in [1.54, 1.807) is 6.92 Å². The Labute approximate surface area is 90.3 Å². The van der Waals surface area contributed by atoms with E-state index in [9.17, 15) is 9.59 Å². The van der Waals surface area contributed by atoms with Gasteiger partial charge >= 0.3 is 5.97 Å².